The van der Waals surface area contributed by atoms with E-state index in [-0.39, 0.29) is 6.61 Å². The number of nitrogens with one attached hydrogen (secondary N) is 1. The van der Waals surface area contributed by atoms with Crippen molar-refractivity contribution in [2.24, 2.45) is 0 Å². The van der Waals surface area contributed by atoms with Crippen LogP contribution < -0.4 is 9.46 Å². The number of alkyl halides is 3. The van der Waals surface area contributed by atoms with E-state index in [9.17, 15) is 21.6 Å². The Morgan fingerprint density at radius 2 is 1.71 bits per heavy atom. The van der Waals surface area contributed by atoms with Gasteiger partial charge >= 0.3 is 6.18 Å². The van der Waals surface area contributed by atoms with Crippen molar-refractivity contribution in [3.63, 3.8) is 0 Å². The lowest BCUT2D eigenvalue weighted by Crippen LogP contribution is -2.43. The van der Waals surface area contributed by atoms with Gasteiger partial charge in [0, 0.05) is 0 Å². The monoisotopic (exact) mass is 357 g/mol. The maximum atomic E-state index is 13.0. The van der Waals surface area contributed by atoms with E-state index in [2.05, 4.69) is 4.72 Å². The van der Waals surface area contributed by atoms with Crippen LogP contribution in [0.25, 0.3) is 0 Å². The summed E-state index contributed by atoms with van der Waals surface area (Å²) in [5.41, 5.74) is -0.379. The van der Waals surface area contributed by atoms with Crippen LogP contribution in [0.15, 0.2) is 53.4 Å². The van der Waals surface area contributed by atoms with E-state index in [1.54, 1.807) is 24.3 Å². The molecule has 1 aliphatic rings. The van der Waals surface area contributed by atoms with Crippen LogP contribution in [0.1, 0.15) is 11.1 Å². The van der Waals surface area contributed by atoms with Crippen molar-refractivity contribution in [3.8, 4) is 5.75 Å². The maximum absolute atomic E-state index is 13.0. The first-order valence-electron chi connectivity index (χ1n) is 7.16. The molecule has 1 heterocycles. The number of fused-ring (bicyclic) bond motifs is 1. The quantitative estimate of drug-likeness (QED) is 0.919. The van der Waals surface area contributed by atoms with Crippen molar-refractivity contribution in [2.45, 2.75) is 23.5 Å². The third-order valence-electron chi connectivity index (χ3n) is 3.68. The first kappa shape index (κ1) is 16.8. The Hall–Kier alpha value is -2.06. The number of hydrogen-bond acceptors (Lipinski definition) is 3. The van der Waals surface area contributed by atoms with E-state index in [1.807, 2.05) is 0 Å². The topological polar surface area (TPSA) is 55.4 Å². The van der Waals surface area contributed by atoms with Crippen molar-refractivity contribution in [3.05, 3.63) is 59.7 Å². The second-order valence-electron chi connectivity index (χ2n) is 5.43. The van der Waals surface area contributed by atoms with E-state index in [1.165, 1.54) is 6.07 Å². The predicted octanol–water partition coefficient (Wildman–Crippen LogP) is 2.99. The molecule has 2 aromatic rings. The molecule has 0 radical (unpaired) electrons. The molecule has 0 aromatic heterocycles. The first-order chi connectivity index (χ1) is 11.3. The summed E-state index contributed by atoms with van der Waals surface area (Å²) < 4.78 is 71.7. The van der Waals surface area contributed by atoms with Gasteiger partial charge < -0.3 is 4.74 Å². The zero-order valence-corrected chi connectivity index (χ0v) is 13.2. The third kappa shape index (κ3) is 3.39. The molecule has 1 atom stereocenters. The summed E-state index contributed by atoms with van der Waals surface area (Å²) in [5, 5.41) is 0. The second-order valence-corrected chi connectivity index (χ2v) is 7.12. The molecule has 1 aliphatic heterocycles. The summed E-state index contributed by atoms with van der Waals surface area (Å²) in [6.07, 6.45) is -4.40. The lowest BCUT2D eigenvalue weighted by atomic mass is 10.0. The van der Waals surface area contributed by atoms with Gasteiger partial charge in [-0.25, -0.2) is 13.1 Å². The lowest BCUT2D eigenvalue weighted by molar-refractivity contribution is -0.139. The molecule has 0 spiro atoms. The van der Waals surface area contributed by atoms with Crippen LogP contribution in [0, 0.1) is 0 Å². The van der Waals surface area contributed by atoms with Gasteiger partial charge in [0.2, 0.25) is 10.0 Å². The zero-order chi connectivity index (χ0) is 17.4. The Balaban J connectivity index is 1.86. The van der Waals surface area contributed by atoms with Crippen LogP contribution >= 0.6 is 0 Å². The maximum Gasteiger partial charge on any atom is 0.417 e. The number of para-hydroxylation sites is 1. The minimum atomic E-state index is -4.75. The Kier molecular flexibility index (Phi) is 4.27. The van der Waals surface area contributed by atoms with E-state index in [4.69, 9.17) is 4.74 Å². The highest BCUT2D eigenvalue weighted by Crippen LogP contribution is 2.34. The largest absolute Gasteiger partial charge is 0.492 e. The van der Waals surface area contributed by atoms with Crippen LogP contribution in [0.2, 0.25) is 0 Å². The molecule has 1 N–H and O–H groups in total. The van der Waals surface area contributed by atoms with Crippen LogP contribution in [-0.2, 0) is 22.6 Å². The summed E-state index contributed by atoms with van der Waals surface area (Å²) in [4.78, 5) is -0.781. The molecular weight excluding hydrogens is 343 g/mol. The van der Waals surface area contributed by atoms with Crippen LogP contribution in [0.3, 0.4) is 0 Å². The van der Waals surface area contributed by atoms with Crippen LogP contribution in [-0.4, -0.2) is 21.1 Å². The fraction of sp³-hybridized carbons (Fsp3) is 0.250. The van der Waals surface area contributed by atoms with Gasteiger partial charge in [-0.05, 0) is 30.2 Å². The Labute approximate surface area is 137 Å². The number of halogens is 3. The molecule has 0 saturated heterocycles. The summed E-state index contributed by atoms with van der Waals surface area (Å²) in [6, 6.07) is 10.6. The van der Waals surface area contributed by atoms with E-state index < -0.39 is 32.7 Å². The molecule has 24 heavy (non-hydrogen) atoms. The number of sulfonamides is 1. The van der Waals surface area contributed by atoms with Crippen molar-refractivity contribution >= 4 is 10.0 Å². The molecule has 4 nitrogen and oxygen atoms in total. The molecule has 0 amide bonds. The summed E-state index contributed by atoms with van der Waals surface area (Å²) in [7, 11) is -4.33. The van der Waals surface area contributed by atoms with Crippen molar-refractivity contribution in [1.82, 2.24) is 4.72 Å². The third-order valence-corrected chi connectivity index (χ3v) is 5.26. The Morgan fingerprint density at radius 3 is 2.46 bits per heavy atom. The SMILES string of the molecule is O=S(=O)(NC1COc2ccccc2C1)c1ccccc1C(F)(F)F. The second kappa shape index (κ2) is 6.10. The highest BCUT2D eigenvalue weighted by molar-refractivity contribution is 7.89. The smallest absolute Gasteiger partial charge is 0.417 e. The molecule has 128 valence electrons. The molecule has 0 fully saturated rings. The van der Waals surface area contributed by atoms with Gasteiger partial charge in [-0.2, -0.15) is 13.2 Å². The highest BCUT2D eigenvalue weighted by Gasteiger charge is 2.37. The minimum absolute atomic E-state index is 0.0599. The summed E-state index contributed by atoms with van der Waals surface area (Å²) >= 11 is 0. The molecule has 0 bridgehead atoms. The summed E-state index contributed by atoms with van der Waals surface area (Å²) in [5.74, 6) is 0.656. The number of hydrogen-bond donors (Lipinski definition) is 1. The standard InChI is InChI=1S/C16H14F3NO3S/c17-16(18,19)13-6-2-4-8-15(13)24(21,22)20-12-9-11-5-1-3-7-14(11)23-10-12/h1-8,12,20H,9-10H2. The highest BCUT2D eigenvalue weighted by atomic mass is 32.2. The molecule has 0 aliphatic carbocycles. The lowest BCUT2D eigenvalue weighted by Gasteiger charge is -2.26. The van der Waals surface area contributed by atoms with E-state index in [0.717, 1.165) is 23.8 Å². The molecular formula is C16H14F3NO3S. The zero-order valence-electron chi connectivity index (χ0n) is 12.4. The molecule has 0 saturated carbocycles. The number of benzene rings is 2. The van der Waals surface area contributed by atoms with Crippen LogP contribution in [0.5, 0.6) is 5.75 Å². The molecule has 1 unspecified atom stereocenters. The molecule has 3 rings (SSSR count). The first-order valence-corrected chi connectivity index (χ1v) is 8.65. The average molecular weight is 357 g/mol. The van der Waals surface area contributed by atoms with Gasteiger partial charge in [0.25, 0.3) is 0 Å². The fourth-order valence-electron chi connectivity index (χ4n) is 2.62. The molecule has 8 heteroatoms. The van der Waals surface area contributed by atoms with Crippen molar-refractivity contribution in [1.29, 1.82) is 0 Å². The van der Waals surface area contributed by atoms with Gasteiger partial charge in [0.15, 0.2) is 0 Å². The van der Waals surface area contributed by atoms with Gasteiger partial charge in [-0.1, -0.05) is 30.3 Å². The Morgan fingerprint density at radius 1 is 1.04 bits per heavy atom. The van der Waals surface area contributed by atoms with Gasteiger partial charge in [-0.15, -0.1) is 0 Å². The predicted molar refractivity (Wildman–Crippen MR) is 81.2 cm³/mol. The van der Waals surface area contributed by atoms with E-state index >= 15 is 0 Å². The fourth-order valence-corrected chi connectivity index (χ4v) is 4.07. The van der Waals surface area contributed by atoms with Crippen LogP contribution in [0.4, 0.5) is 13.2 Å². The van der Waals surface area contributed by atoms with Gasteiger partial charge in [0.1, 0.15) is 12.4 Å². The minimum Gasteiger partial charge on any atom is -0.492 e. The van der Waals surface area contributed by atoms with Crippen molar-refractivity contribution in [2.75, 3.05) is 6.61 Å². The Bertz CT molecular complexity index is 850. The van der Waals surface area contributed by atoms with Gasteiger partial charge in [0.05, 0.1) is 16.5 Å². The molecule has 2 aromatic carbocycles. The normalized spacial score (nSPS) is 17.9. The number of rotatable bonds is 3. The average Bonchev–Trinajstić information content (AvgIpc) is 2.53. The van der Waals surface area contributed by atoms with Crippen molar-refractivity contribution < 1.29 is 26.3 Å². The number of ether oxygens (including phenoxy) is 1. The van der Waals surface area contributed by atoms with E-state index in [0.29, 0.717) is 12.2 Å². The van der Waals surface area contributed by atoms with Gasteiger partial charge in [-0.3, -0.25) is 0 Å². The summed E-state index contributed by atoms with van der Waals surface area (Å²) in [6.45, 7) is 0.0599.